The largest absolute Gasteiger partial charge is 0.206 e. The Kier molecular flexibility index (Phi) is 1.70. The molecule has 0 aliphatic heterocycles. The van der Waals surface area contributed by atoms with Gasteiger partial charge < -0.3 is 0 Å². The summed E-state index contributed by atoms with van der Waals surface area (Å²) in [5.74, 6) is 0.897. The standard InChI is InChI=1S/C13H10FN/c14-13-4-2-1-3-9(13)8-5-10-11(6-8)12(10)7-15/h1-5,10-12H,6H2/t10-,11+,12+/m0/s1. The van der Waals surface area contributed by atoms with Crippen molar-refractivity contribution in [3.8, 4) is 6.07 Å². The number of benzene rings is 1. The monoisotopic (exact) mass is 199 g/mol. The van der Waals surface area contributed by atoms with E-state index in [4.69, 9.17) is 5.26 Å². The Bertz CT molecular complexity index is 484. The lowest BCUT2D eigenvalue weighted by molar-refractivity contribution is 0.622. The van der Waals surface area contributed by atoms with Crippen molar-refractivity contribution in [3.63, 3.8) is 0 Å². The number of hydrogen-bond donors (Lipinski definition) is 0. The van der Waals surface area contributed by atoms with Gasteiger partial charge in [0, 0.05) is 5.56 Å². The molecule has 0 spiro atoms. The quantitative estimate of drug-likeness (QED) is 0.682. The van der Waals surface area contributed by atoms with Crippen molar-refractivity contribution < 1.29 is 4.39 Å². The molecule has 1 nitrogen and oxygen atoms in total. The van der Waals surface area contributed by atoms with Crippen LogP contribution in [0.5, 0.6) is 0 Å². The molecule has 0 amide bonds. The molecule has 3 rings (SSSR count). The zero-order valence-electron chi connectivity index (χ0n) is 8.15. The van der Waals surface area contributed by atoms with E-state index >= 15 is 0 Å². The van der Waals surface area contributed by atoms with E-state index in [1.54, 1.807) is 6.07 Å². The van der Waals surface area contributed by atoms with Gasteiger partial charge in [0.25, 0.3) is 0 Å². The van der Waals surface area contributed by atoms with Crippen LogP contribution >= 0.6 is 0 Å². The molecule has 0 bridgehead atoms. The molecule has 0 heterocycles. The van der Waals surface area contributed by atoms with Crippen LogP contribution in [0.3, 0.4) is 0 Å². The van der Waals surface area contributed by atoms with Crippen molar-refractivity contribution in [2.75, 3.05) is 0 Å². The highest BCUT2D eigenvalue weighted by atomic mass is 19.1. The number of allylic oxidation sites excluding steroid dienone is 2. The van der Waals surface area contributed by atoms with Crippen LogP contribution in [0.25, 0.3) is 5.57 Å². The highest BCUT2D eigenvalue weighted by molar-refractivity contribution is 5.70. The van der Waals surface area contributed by atoms with Gasteiger partial charge in [0.05, 0.1) is 12.0 Å². The van der Waals surface area contributed by atoms with E-state index in [2.05, 4.69) is 12.1 Å². The Hall–Kier alpha value is -1.62. The van der Waals surface area contributed by atoms with Gasteiger partial charge in [-0.25, -0.2) is 4.39 Å². The van der Waals surface area contributed by atoms with Crippen LogP contribution in [0.15, 0.2) is 30.3 Å². The normalized spacial score (nSPS) is 31.7. The Morgan fingerprint density at radius 2 is 2.13 bits per heavy atom. The summed E-state index contributed by atoms with van der Waals surface area (Å²) >= 11 is 0. The molecule has 2 heteroatoms. The Labute approximate surface area is 87.8 Å². The summed E-state index contributed by atoms with van der Waals surface area (Å²) in [6, 6.07) is 9.14. The topological polar surface area (TPSA) is 23.8 Å². The van der Waals surface area contributed by atoms with Crippen molar-refractivity contribution in [2.24, 2.45) is 17.8 Å². The predicted octanol–water partition coefficient (Wildman–Crippen LogP) is 3.00. The van der Waals surface area contributed by atoms with E-state index in [0.717, 1.165) is 12.0 Å². The van der Waals surface area contributed by atoms with Crippen LogP contribution in [0.2, 0.25) is 0 Å². The Morgan fingerprint density at radius 1 is 1.33 bits per heavy atom. The molecule has 15 heavy (non-hydrogen) atoms. The molecular weight excluding hydrogens is 189 g/mol. The van der Waals surface area contributed by atoms with Gasteiger partial charge in [0.15, 0.2) is 0 Å². The summed E-state index contributed by atoms with van der Waals surface area (Å²) in [5, 5.41) is 8.77. The lowest BCUT2D eigenvalue weighted by atomic mass is 10.0. The van der Waals surface area contributed by atoms with E-state index in [0.29, 0.717) is 17.4 Å². The molecule has 74 valence electrons. The van der Waals surface area contributed by atoms with Gasteiger partial charge in [-0.05, 0) is 29.9 Å². The van der Waals surface area contributed by atoms with Crippen molar-refractivity contribution >= 4 is 5.57 Å². The van der Waals surface area contributed by atoms with Gasteiger partial charge in [0.2, 0.25) is 0 Å². The second-order valence-corrected chi connectivity index (χ2v) is 4.27. The average molecular weight is 199 g/mol. The van der Waals surface area contributed by atoms with Crippen molar-refractivity contribution in [3.05, 3.63) is 41.7 Å². The van der Waals surface area contributed by atoms with Gasteiger partial charge in [-0.15, -0.1) is 0 Å². The van der Waals surface area contributed by atoms with Crippen LogP contribution < -0.4 is 0 Å². The Balaban J connectivity index is 1.91. The SMILES string of the molecule is N#C[C@@H]1[C@H]2C=C(c3ccccc3F)C[C@@H]12. The maximum absolute atomic E-state index is 13.5. The molecule has 0 aromatic heterocycles. The third kappa shape index (κ3) is 1.20. The van der Waals surface area contributed by atoms with E-state index in [1.165, 1.54) is 6.07 Å². The highest BCUT2D eigenvalue weighted by Gasteiger charge is 2.52. The summed E-state index contributed by atoms with van der Waals surface area (Å²) in [6.07, 6.45) is 2.95. The fraction of sp³-hybridized carbons (Fsp3) is 0.308. The molecule has 2 aliphatic carbocycles. The highest BCUT2D eigenvalue weighted by Crippen LogP contribution is 2.57. The van der Waals surface area contributed by atoms with E-state index in [-0.39, 0.29) is 11.7 Å². The maximum Gasteiger partial charge on any atom is 0.130 e. The molecule has 0 saturated heterocycles. The van der Waals surface area contributed by atoms with Crippen molar-refractivity contribution in [1.82, 2.24) is 0 Å². The van der Waals surface area contributed by atoms with Crippen LogP contribution in [0.1, 0.15) is 12.0 Å². The van der Waals surface area contributed by atoms with E-state index < -0.39 is 0 Å². The van der Waals surface area contributed by atoms with E-state index in [9.17, 15) is 4.39 Å². The first kappa shape index (κ1) is 8.67. The first-order valence-electron chi connectivity index (χ1n) is 5.16. The number of nitrogens with zero attached hydrogens (tertiary/aromatic N) is 1. The summed E-state index contributed by atoms with van der Waals surface area (Å²) in [7, 11) is 0. The molecule has 0 N–H and O–H groups in total. The first-order chi connectivity index (χ1) is 7.31. The summed E-state index contributed by atoms with van der Waals surface area (Å²) < 4.78 is 13.5. The fourth-order valence-electron chi connectivity index (χ4n) is 2.55. The van der Waals surface area contributed by atoms with Crippen molar-refractivity contribution in [1.29, 1.82) is 5.26 Å². The smallest absolute Gasteiger partial charge is 0.130 e. The lowest BCUT2D eigenvalue weighted by Crippen LogP contribution is -1.90. The van der Waals surface area contributed by atoms with Gasteiger partial charge >= 0.3 is 0 Å². The van der Waals surface area contributed by atoms with Crippen LogP contribution in [-0.4, -0.2) is 0 Å². The summed E-state index contributed by atoms with van der Waals surface area (Å²) in [6.45, 7) is 0. The van der Waals surface area contributed by atoms with Crippen LogP contribution in [-0.2, 0) is 0 Å². The average Bonchev–Trinajstić information content (AvgIpc) is 2.72. The zero-order chi connectivity index (χ0) is 10.4. The minimum atomic E-state index is -0.154. The number of nitriles is 1. The number of halogens is 1. The Morgan fingerprint density at radius 3 is 2.73 bits per heavy atom. The van der Waals surface area contributed by atoms with Crippen LogP contribution in [0, 0.1) is 34.9 Å². The molecule has 1 saturated carbocycles. The maximum atomic E-state index is 13.5. The number of hydrogen-bond acceptors (Lipinski definition) is 1. The second kappa shape index (κ2) is 2.93. The van der Waals surface area contributed by atoms with Crippen LogP contribution in [0.4, 0.5) is 4.39 Å². The third-order valence-electron chi connectivity index (χ3n) is 3.45. The van der Waals surface area contributed by atoms with Gasteiger partial charge in [-0.3, -0.25) is 0 Å². The van der Waals surface area contributed by atoms with Gasteiger partial charge in [0.1, 0.15) is 5.82 Å². The summed E-state index contributed by atoms with van der Waals surface area (Å²) in [5.41, 5.74) is 1.79. The molecule has 1 fully saturated rings. The number of rotatable bonds is 1. The molecule has 3 atom stereocenters. The second-order valence-electron chi connectivity index (χ2n) is 4.27. The molecule has 1 aromatic rings. The molecular formula is C13H10FN. The minimum absolute atomic E-state index is 0.154. The fourth-order valence-corrected chi connectivity index (χ4v) is 2.55. The molecule has 0 radical (unpaired) electrons. The van der Waals surface area contributed by atoms with Crippen molar-refractivity contribution in [2.45, 2.75) is 6.42 Å². The van der Waals surface area contributed by atoms with E-state index in [1.807, 2.05) is 12.1 Å². The molecule has 1 aromatic carbocycles. The molecule has 0 unspecified atom stereocenters. The number of fused-ring (bicyclic) bond motifs is 1. The van der Waals surface area contributed by atoms with Gasteiger partial charge in [-0.1, -0.05) is 24.3 Å². The predicted molar refractivity (Wildman–Crippen MR) is 55.1 cm³/mol. The van der Waals surface area contributed by atoms with Gasteiger partial charge in [-0.2, -0.15) is 5.26 Å². The minimum Gasteiger partial charge on any atom is -0.206 e. The zero-order valence-corrected chi connectivity index (χ0v) is 8.15. The lowest BCUT2D eigenvalue weighted by Gasteiger charge is -2.05. The third-order valence-corrected chi connectivity index (χ3v) is 3.45. The summed E-state index contributed by atoms with van der Waals surface area (Å²) in [4.78, 5) is 0. The molecule has 2 aliphatic rings. The first-order valence-corrected chi connectivity index (χ1v) is 5.16.